The lowest BCUT2D eigenvalue weighted by molar-refractivity contribution is -0.116. The molecule has 1 amide bonds. The molecule has 5 rings (SSSR count). The van der Waals surface area contributed by atoms with Crippen LogP contribution in [0.1, 0.15) is 29.2 Å². The number of ether oxygens (including phenoxy) is 2. The Labute approximate surface area is 154 Å². The first-order chi connectivity index (χ1) is 13.1. The van der Waals surface area contributed by atoms with Crippen LogP contribution in [-0.2, 0) is 4.79 Å². The maximum absolute atomic E-state index is 13.3. The van der Waals surface area contributed by atoms with Gasteiger partial charge < -0.3 is 14.8 Å². The number of aromatic nitrogens is 2. The molecule has 1 atom stereocenters. The SMILES string of the molecule is Cc1nn(-c2ccc(F)cc2)c2c1C(c1ccc3c(c1)OCO3)CC(=O)N2. The number of carbonyl (C=O) groups is 1. The van der Waals surface area contributed by atoms with E-state index in [1.807, 2.05) is 25.1 Å². The smallest absolute Gasteiger partial charge is 0.231 e. The highest BCUT2D eigenvalue weighted by atomic mass is 19.1. The summed E-state index contributed by atoms with van der Waals surface area (Å²) in [5, 5.41) is 7.52. The first-order valence-electron chi connectivity index (χ1n) is 8.65. The summed E-state index contributed by atoms with van der Waals surface area (Å²) >= 11 is 0. The van der Waals surface area contributed by atoms with E-state index < -0.39 is 0 Å². The highest BCUT2D eigenvalue weighted by Crippen LogP contribution is 2.43. The first-order valence-corrected chi connectivity index (χ1v) is 8.65. The van der Waals surface area contributed by atoms with Gasteiger partial charge in [-0.25, -0.2) is 9.07 Å². The second kappa shape index (κ2) is 5.84. The third-order valence-corrected chi connectivity index (χ3v) is 4.97. The number of nitrogens with one attached hydrogen (secondary N) is 1. The van der Waals surface area contributed by atoms with E-state index in [1.165, 1.54) is 12.1 Å². The Hall–Kier alpha value is -3.35. The molecule has 2 aliphatic heterocycles. The summed E-state index contributed by atoms with van der Waals surface area (Å²) in [7, 11) is 0. The molecule has 6 nitrogen and oxygen atoms in total. The third-order valence-electron chi connectivity index (χ3n) is 4.97. The van der Waals surface area contributed by atoms with E-state index >= 15 is 0 Å². The van der Waals surface area contributed by atoms with Crippen LogP contribution in [0.2, 0.25) is 0 Å². The minimum absolute atomic E-state index is 0.0894. The molecule has 1 unspecified atom stereocenters. The van der Waals surface area contributed by atoms with E-state index in [1.54, 1.807) is 16.8 Å². The standard InChI is InChI=1S/C20H16FN3O3/c1-11-19-15(12-2-7-16-17(8-12)27-10-26-16)9-18(25)22-20(19)24(23-11)14-5-3-13(21)4-6-14/h2-8,15H,9-10H2,1H3,(H,22,25). The van der Waals surface area contributed by atoms with Crippen LogP contribution in [0.5, 0.6) is 11.5 Å². The van der Waals surface area contributed by atoms with Crippen molar-refractivity contribution in [2.75, 3.05) is 12.1 Å². The number of aryl methyl sites for hydroxylation is 1. The van der Waals surface area contributed by atoms with Gasteiger partial charge in [0.1, 0.15) is 11.6 Å². The van der Waals surface area contributed by atoms with E-state index in [0.29, 0.717) is 29.4 Å². The molecule has 7 heteroatoms. The van der Waals surface area contributed by atoms with Crippen molar-refractivity contribution in [1.29, 1.82) is 0 Å². The predicted octanol–water partition coefficient (Wildman–Crippen LogP) is 3.52. The normalized spacial score (nSPS) is 17.6. The van der Waals surface area contributed by atoms with Crippen LogP contribution < -0.4 is 14.8 Å². The highest BCUT2D eigenvalue weighted by molar-refractivity contribution is 5.95. The van der Waals surface area contributed by atoms with Crippen LogP contribution in [-0.4, -0.2) is 22.5 Å². The summed E-state index contributed by atoms with van der Waals surface area (Å²) in [6.07, 6.45) is 0.322. The molecule has 3 heterocycles. The zero-order chi connectivity index (χ0) is 18.5. The van der Waals surface area contributed by atoms with Crippen molar-refractivity contribution in [1.82, 2.24) is 9.78 Å². The Morgan fingerprint density at radius 1 is 1.15 bits per heavy atom. The molecule has 0 radical (unpaired) electrons. The molecule has 2 aliphatic rings. The Balaban J connectivity index is 1.63. The lowest BCUT2D eigenvalue weighted by atomic mass is 9.85. The molecule has 0 saturated carbocycles. The molecule has 0 saturated heterocycles. The third kappa shape index (κ3) is 2.54. The van der Waals surface area contributed by atoms with Crippen molar-refractivity contribution in [3.8, 4) is 17.2 Å². The van der Waals surface area contributed by atoms with Crippen molar-refractivity contribution >= 4 is 11.7 Å². The molecule has 27 heavy (non-hydrogen) atoms. The largest absolute Gasteiger partial charge is 0.454 e. The number of fused-ring (bicyclic) bond motifs is 2. The van der Waals surface area contributed by atoms with Gasteiger partial charge in [0.2, 0.25) is 12.7 Å². The highest BCUT2D eigenvalue weighted by Gasteiger charge is 2.33. The molecule has 2 aromatic carbocycles. The maximum Gasteiger partial charge on any atom is 0.231 e. The molecular weight excluding hydrogens is 349 g/mol. The number of nitrogens with zero attached hydrogens (tertiary/aromatic N) is 2. The van der Waals surface area contributed by atoms with Crippen molar-refractivity contribution < 1.29 is 18.7 Å². The number of anilines is 1. The monoisotopic (exact) mass is 365 g/mol. The average Bonchev–Trinajstić information content (AvgIpc) is 3.26. The van der Waals surface area contributed by atoms with Gasteiger partial charge in [0.15, 0.2) is 11.5 Å². The lowest BCUT2D eigenvalue weighted by Gasteiger charge is -2.24. The fourth-order valence-electron chi connectivity index (χ4n) is 3.73. The molecule has 0 spiro atoms. The Morgan fingerprint density at radius 2 is 1.93 bits per heavy atom. The summed E-state index contributed by atoms with van der Waals surface area (Å²) in [6, 6.07) is 11.8. The predicted molar refractivity (Wildman–Crippen MR) is 95.9 cm³/mol. The van der Waals surface area contributed by atoms with Crippen molar-refractivity contribution in [3.05, 3.63) is 65.1 Å². The Kier molecular flexibility index (Phi) is 3.43. The van der Waals surface area contributed by atoms with Crippen LogP contribution in [0, 0.1) is 12.7 Å². The maximum atomic E-state index is 13.3. The molecular formula is C20H16FN3O3. The van der Waals surface area contributed by atoms with E-state index in [9.17, 15) is 9.18 Å². The summed E-state index contributed by atoms with van der Waals surface area (Å²) < 4.78 is 25.8. The van der Waals surface area contributed by atoms with Gasteiger partial charge in [0.25, 0.3) is 0 Å². The minimum atomic E-state index is -0.321. The quantitative estimate of drug-likeness (QED) is 0.755. The number of hydrogen-bond donors (Lipinski definition) is 1. The van der Waals surface area contributed by atoms with Gasteiger partial charge in [0.05, 0.1) is 11.4 Å². The average molecular weight is 365 g/mol. The molecule has 0 fully saturated rings. The number of benzene rings is 2. The van der Waals surface area contributed by atoms with Crippen molar-refractivity contribution in [2.24, 2.45) is 0 Å². The molecule has 1 N–H and O–H groups in total. The van der Waals surface area contributed by atoms with Crippen LogP contribution >= 0.6 is 0 Å². The van der Waals surface area contributed by atoms with E-state index in [-0.39, 0.29) is 24.4 Å². The number of hydrogen-bond acceptors (Lipinski definition) is 4. The van der Waals surface area contributed by atoms with Crippen molar-refractivity contribution in [3.63, 3.8) is 0 Å². The number of amides is 1. The second-order valence-corrected chi connectivity index (χ2v) is 6.65. The fourth-order valence-corrected chi connectivity index (χ4v) is 3.73. The topological polar surface area (TPSA) is 65.4 Å². The zero-order valence-electron chi connectivity index (χ0n) is 14.5. The number of carbonyl (C=O) groups excluding carboxylic acids is 1. The van der Waals surface area contributed by atoms with E-state index in [0.717, 1.165) is 16.8 Å². The minimum Gasteiger partial charge on any atom is -0.454 e. The summed E-state index contributed by atoms with van der Waals surface area (Å²) in [6.45, 7) is 2.12. The van der Waals surface area contributed by atoms with Crippen molar-refractivity contribution in [2.45, 2.75) is 19.3 Å². The summed E-state index contributed by atoms with van der Waals surface area (Å²) in [5.41, 5.74) is 3.43. The van der Waals surface area contributed by atoms with Gasteiger partial charge in [-0.3, -0.25) is 4.79 Å². The van der Waals surface area contributed by atoms with Gasteiger partial charge >= 0.3 is 0 Å². The number of halogens is 1. The molecule has 0 aliphatic carbocycles. The Morgan fingerprint density at radius 3 is 2.74 bits per heavy atom. The van der Waals surface area contributed by atoms with Crippen LogP contribution in [0.3, 0.4) is 0 Å². The summed E-state index contributed by atoms with van der Waals surface area (Å²) in [4.78, 5) is 12.4. The Bertz CT molecular complexity index is 1060. The van der Waals surface area contributed by atoms with E-state index in [2.05, 4.69) is 10.4 Å². The van der Waals surface area contributed by atoms with E-state index in [4.69, 9.17) is 9.47 Å². The first kappa shape index (κ1) is 15.9. The lowest BCUT2D eigenvalue weighted by Crippen LogP contribution is -2.24. The van der Waals surface area contributed by atoms with Gasteiger partial charge in [-0.2, -0.15) is 5.10 Å². The van der Waals surface area contributed by atoms with Gasteiger partial charge in [-0.1, -0.05) is 6.07 Å². The second-order valence-electron chi connectivity index (χ2n) is 6.65. The fraction of sp³-hybridized carbons (Fsp3) is 0.200. The van der Waals surface area contributed by atoms with Gasteiger partial charge in [-0.05, 0) is 48.9 Å². The molecule has 1 aromatic heterocycles. The summed E-state index contributed by atoms with van der Waals surface area (Å²) in [5.74, 6) is 1.46. The molecule has 136 valence electrons. The molecule has 3 aromatic rings. The zero-order valence-corrected chi connectivity index (χ0v) is 14.5. The molecule has 0 bridgehead atoms. The van der Waals surface area contributed by atoms with Crippen LogP contribution in [0.25, 0.3) is 5.69 Å². The van der Waals surface area contributed by atoms with Crippen LogP contribution in [0.4, 0.5) is 10.2 Å². The number of rotatable bonds is 2. The van der Waals surface area contributed by atoms with Crippen LogP contribution in [0.15, 0.2) is 42.5 Å². The van der Waals surface area contributed by atoms with Gasteiger partial charge in [0, 0.05) is 17.9 Å². The van der Waals surface area contributed by atoms with Gasteiger partial charge in [-0.15, -0.1) is 0 Å².